The maximum Gasteiger partial charge on any atom is 0.338 e. The van der Waals surface area contributed by atoms with Crippen LogP contribution in [-0.2, 0) is 16.1 Å². The molecule has 1 unspecified atom stereocenters. The molecule has 204 valence electrons. The number of halogens is 2. The Morgan fingerprint density at radius 2 is 1.90 bits per heavy atom. The summed E-state index contributed by atoms with van der Waals surface area (Å²) in [5.41, 5.74) is 2.66. The van der Waals surface area contributed by atoms with Gasteiger partial charge in [-0.05, 0) is 69.9 Å². The van der Waals surface area contributed by atoms with E-state index in [1.54, 1.807) is 37.3 Å². The molecule has 3 aromatic carbocycles. The van der Waals surface area contributed by atoms with E-state index < -0.39 is 12.0 Å². The number of hydrogen-bond acceptors (Lipinski definition) is 7. The predicted octanol–water partition coefficient (Wildman–Crippen LogP) is 4.90. The van der Waals surface area contributed by atoms with E-state index in [4.69, 9.17) is 14.2 Å². The number of rotatable bonds is 7. The van der Waals surface area contributed by atoms with Crippen LogP contribution in [0.25, 0.3) is 6.08 Å². The highest BCUT2D eigenvalue weighted by Crippen LogP contribution is 2.37. The molecule has 0 N–H and O–H groups in total. The maximum absolute atomic E-state index is 13.8. The Kier molecular flexibility index (Phi) is 7.99. The van der Waals surface area contributed by atoms with E-state index in [0.717, 1.165) is 5.56 Å². The molecule has 0 saturated heterocycles. The minimum absolute atomic E-state index is 0.145. The second kappa shape index (κ2) is 11.6. The van der Waals surface area contributed by atoms with Gasteiger partial charge in [-0.2, -0.15) is 0 Å². The lowest BCUT2D eigenvalue weighted by atomic mass is 9.96. The van der Waals surface area contributed by atoms with Crippen molar-refractivity contribution in [2.75, 3.05) is 14.2 Å². The van der Waals surface area contributed by atoms with E-state index in [-0.39, 0.29) is 18.0 Å². The zero-order valence-corrected chi connectivity index (χ0v) is 24.2. The molecular formula is C30H24BrFN2O5S. The van der Waals surface area contributed by atoms with Crippen LogP contribution in [0.2, 0.25) is 0 Å². The summed E-state index contributed by atoms with van der Waals surface area (Å²) in [4.78, 5) is 31.6. The molecule has 10 heteroatoms. The molecule has 0 saturated carbocycles. The summed E-state index contributed by atoms with van der Waals surface area (Å²) in [6.45, 7) is 1.88. The molecular weight excluding hydrogens is 599 g/mol. The van der Waals surface area contributed by atoms with Crippen molar-refractivity contribution in [2.24, 2.45) is 4.99 Å². The lowest BCUT2D eigenvalue weighted by Gasteiger charge is -2.24. The first-order chi connectivity index (χ1) is 19.3. The average molecular weight is 624 g/mol. The van der Waals surface area contributed by atoms with Gasteiger partial charge >= 0.3 is 5.97 Å². The molecule has 1 aromatic heterocycles. The van der Waals surface area contributed by atoms with Crippen molar-refractivity contribution in [3.05, 3.63) is 125 Å². The van der Waals surface area contributed by atoms with Crippen molar-refractivity contribution in [3.63, 3.8) is 0 Å². The van der Waals surface area contributed by atoms with Crippen molar-refractivity contribution in [1.29, 1.82) is 0 Å². The van der Waals surface area contributed by atoms with Crippen LogP contribution in [0.1, 0.15) is 29.7 Å². The number of thiazole rings is 1. The van der Waals surface area contributed by atoms with Crippen LogP contribution >= 0.6 is 27.3 Å². The number of nitrogens with zero attached hydrogens (tertiary/aromatic N) is 2. The lowest BCUT2D eigenvalue weighted by Crippen LogP contribution is -2.39. The van der Waals surface area contributed by atoms with Crippen molar-refractivity contribution in [2.45, 2.75) is 19.6 Å². The molecule has 0 bridgehead atoms. The summed E-state index contributed by atoms with van der Waals surface area (Å²) >= 11 is 4.77. The number of esters is 1. The zero-order valence-electron chi connectivity index (χ0n) is 21.8. The van der Waals surface area contributed by atoms with Gasteiger partial charge in [-0.25, -0.2) is 14.2 Å². The van der Waals surface area contributed by atoms with E-state index in [9.17, 15) is 14.0 Å². The summed E-state index contributed by atoms with van der Waals surface area (Å²) < 4.78 is 32.7. The van der Waals surface area contributed by atoms with Crippen molar-refractivity contribution in [3.8, 4) is 11.5 Å². The Labute approximate surface area is 241 Å². The van der Waals surface area contributed by atoms with E-state index >= 15 is 0 Å². The zero-order chi connectivity index (χ0) is 28.4. The van der Waals surface area contributed by atoms with Crippen molar-refractivity contribution >= 4 is 39.3 Å². The largest absolute Gasteiger partial charge is 0.493 e. The molecule has 0 spiro atoms. The third-order valence-electron chi connectivity index (χ3n) is 6.36. The second-order valence-electron chi connectivity index (χ2n) is 8.94. The fraction of sp³-hybridized carbons (Fsp3) is 0.167. The minimum Gasteiger partial charge on any atom is -0.493 e. The Morgan fingerprint density at radius 3 is 2.60 bits per heavy atom. The number of aromatic nitrogens is 1. The Morgan fingerprint density at radius 1 is 1.12 bits per heavy atom. The standard InChI is InChI=1S/C30H24BrFN2O5S/c1-17-25(29(36)38-3)26(20-9-5-4-6-10-20)34-28(35)24(40-30(34)33-17)15-19-13-22(31)27(23(14-19)37-2)39-16-18-8-7-11-21(32)12-18/h4-15,26H,16H2,1-3H3. The van der Waals surface area contributed by atoms with Gasteiger partial charge in [0.25, 0.3) is 5.56 Å². The predicted molar refractivity (Wildman–Crippen MR) is 154 cm³/mol. The molecule has 1 aliphatic heterocycles. The topological polar surface area (TPSA) is 79.1 Å². The Bertz CT molecular complexity index is 1810. The molecule has 4 aromatic rings. The summed E-state index contributed by atoms with van der Waals surface area (Å²) in [5.74, 6) is 0.0165. The number of benzene rings is 3. The lowest BCUT2D eigenvalue weighted by molar-refractivity contribution is -0.136. The minimum atomic E-state index is -0.674. The molecule has 0 aliphatic carbocycles. The highest BCUT2D eigenvalue weighted by molar-refractivity contribution is 9.10. The fourth-order valence-electron chi connectivity index (χ4n) is 4.54. The van der Waals surface area contributed by atoms with E-state index in [2.05, 4.69) is 20.9 Å². The number of carbonyl (C=O) groups excluding carboxylic acids is 1. The number of methoxy groups -OCH3 is 2. The first kappa shape index (κ1) is 27.5. The SMILES string of the molecule is COC(=O)C1=C(C)N=c2sc(=Cc3cc(Br)c(OCc4cccc(F)c4)c(OC)c3)c(=O)n2C1c1ccccc1. The molecule has 0 amide bonds. The van der Waals surface area contributed by atoms with Gasteiger partial charge in [0.15, 0.2) is 16.3 Å². The monoisotopic (exact) mass is 622 g/mol. The Balaban J connectivity index is 1.57. The van der Waals surface area contributed by atoms with Gasteiger partial charge in [0.05, 0.1) is 40.5 Å². The van der Waals surface area contributed by atoms with Crippen LogP contribution in [-0.4, -0.2) is 24.8 Å². The summed E-state index contributed by atoms with van der Waals surface area (Å²) in [6, 6.07) is 18.4. The normalized spacial score (nSPS) is 14.9. The fourth-order valence-corrected chi connectivity index (χ4v) is 6.16. The van der Waals surface area contributed by atoms with Gasteiger partial charge in [-0.1, -0.05) is 53.8 Å². The molecule has 0 radical (unpaired) electrons. The van der Waals surface area contributed by atoms with Crippen LogP contribution in [0.15, 0.2) is 92.3 Å². The van der Waals surface area contributed by atoms with Crippen LogP contribution in [0, 0.1) is 5.82 Å². The number of carbonyl (C=O) groups is 1. The van der Waals surface area contributed by atoms with Crippen LogP contribution in [0.4, 0.5) is 4.39 Å². The molecule has 2 heterocycles. The van der Waals surface area contributed by atoms with Gasteiger partial charge in [-0.3, -0.25) is 9.36 Å². The van der Waals surface area contributed by atoms with Crippen molar-refractivity contribution < 1.29 is 23.4 Å². The first-order valence-electron chi connectivity index (χ1n) is 12.2. The van der Waals surface area contributed by atoms with Crippen LogP contribution in [0.5, 0.6) is 11.5 Å². The molecule has 0 fully saturated rings. The van der Waals surface area contributed by atoms with Crippen molar-refractivity contribution in [1.82, 2.24) is 4.57 Å². The van der Waals surface area contributed by atoms with Gasteiger partial charge in [0, 0.05) is 0 Å². The molecule has 1 aliphatic rings. The molecule has 40 heavy (non-hydrogen) atoms. The van der Waals surface area contributed by atoms with Gasteiger partial charge in [0.2, 0.25) is 0 Å². The summed E-state index contributed by atoms with van der Waals surface area (Å²) in [5, 5.41) is 0. The average Bonchev–Trinajstić information content (AvgIpc) is 3.25. The quantitative estimate of drug-likeness (QED) is 0.274. The van der Waals surface area contributed by atoms with Crippen LogP contribution < -0.4 is 24.4 Å². The third kappa shape index (κ3) is 5.37. The summed E-state index contributed by atoms with van der Waals surface area (Å²) in [6.07, 6.45) is 1.74. The van der Waals surface area contributed by atoms with E-state index in [0.29, 0.717) is 47.7 Å². The van der Waals surface area contributed by atoms with Gasteiger partial charge in [-0.15, -0.1) is 0 Å². The van der Waals surface area contributed by atoms with Gasteiger partial charge < -0.3 is 14.2 Å². The second-order valence-corrected chi connectivity index (χ2v) is 10.8. The van der Waals surface area contributed by atoms with E-state index in [1.165, 1.54) is 42.3 Å². The third-order valence-corrected chi connectivity index (χ3v) is 7.94. The highest BCUT2D eigenvalue weighted by Gasteiger charge is 2.32. The number of ether oxygens (including phenoxy) is 3. The number of fused-ring (bicyclic) bond motifs is 1. The van der Waals surface area contributed by atoms with Gasteiger partial charge in [0.1, 0.15) is 12.4 Å². The highest BCUT2D eigenvalue weighted by atomic mass is 79.9. The maximum atomic E-state index is 13.8. The molecule has 1 atom stereocenters. The number of allylic oxidation sites excluding steroid dienone is 1. The molecule has 7 nitrogen and oxygen atoms in total. The first-order valence-corrected chi connectivity index (χ1v) is 13.8. The Hall–Kier alpha value is -4.02. The smallest absolute Gasteiger partial charge is 0.338 e. The summed E-state index contributed by atoms with van der Waals surface area (Å²) in [7, 11) is 2.83. The van der Waals surface area contributed by atoms with E-state index in [1.807, 2.05) is 30.3 Å². The van der Waals surface area contributed by atoms with Crippen LogP contribution in [0.3, 0.4) is 0 Å². The number of hydrogen-bond donors (Lipinski definition) is 0. The molecule has 5 rings (SSSR count).